The Kier molecular flexibility index (Phi) is 5.11. The lowest BCUT2D eigenvalue weighted by atomic mass is 10.0. The molecule has 0 spiro atoms. The number of carbonyl (C=O) groups excluding carboxylic acids is 1. The first kappa shape index (κ1) is 15.4. The number of hydrogen-bond donors (Lipinski definition) is 0. The van der Waals surface area contributed by atoms with Crippen LogP contribution in [0.3, 0.4) is 0 Å². The van der Waals surface area contributed by atoms with Gasteiger partial charge in [-0.05, 0) is 29.8 Å². The summed E-state index contributed by atoms with van der Waals surface area (Å²) in [7, 11) is 0. The maximum absolute atomic E-state index is 11.3. The van der Waals surface area contributed by atoms with Gasteiger partial charge in [0, 0.05) is 21.2 Å². The molecule has 0 radical (unpaired) electrons. The van der Waals surface area contributed by atoms with Crippen LogP contribution in [0.25, 0.3) is 10.6 Å². The second-order valence-electron chi connectivity index (χ2n) is 3.98. The van der Waals surface area contributed by atoms with Crippen molar-refractivity contribution in [3.8, 4) is 0 Å². The lowest BCUT2D eigenvalue weighted by molar-refractivity contribution is -0.103. The molecular weight excluding hydrogens is 338 g/mol. The number of benzene rings is 2. The Hall–Kier alpha value is -0.990. The maximum Gasteiger partial charge on any atom is 0.152 e. The van der Waals surface area contributed by atoms with Gasteiger partial charge in [0.05, 0.1) is 10.1 Å². The number of hydrogen-bond acceptors (Lipinski definition) is 1. The van der Waals surface area contributed by atoms with Crippen molar-refractivity contribution >= 4 is 63.3 Å². The lowest BCUT2D eigenvalue weighted by Gasteiger charge is -2.08. The molecule has 0 saturated carbocycles. The van der Waals surface area contributed by atoms with Gasteiger partial charge < -0.3 is 0 Å². The van der Waals surface area contributed by atoms with Crippen molar-refractivity contribution in [1.29, 1.82) is 0 Å². The summed E-state index contributed by atoms with van der Waals surface area (Å²) in [5.74, 6) is 0. The van der Waals surface area contributed by atoms with Gasteiger partial charge in [-0.1, -0.05) is 64.6 Å². The van der Waals surface area contributed by atoms with E-state index in [-0.39, 0.29) is 5.03 Å². The molecule has 102 valence electrons. The highest BCUT2D eigenvalue weighted by Gasteiger charge is 2.12. The van der Waals surface area contributed by atoms with Crippen molar-refractivity contribution in [2.75, 3.05) is 0 Å². The van der Waals surface area contributed by atoms with E-state index in [2.05, 4.69) is 0 Å². The fourth-order valence-corrected chi connectivity index (χ4v) is 2.68. The van der Waals surface area contributed by atoms with Gasteiger partial charge in [0.2, 0.25) is 0 Å². The number of allylic oxidation sites excluding steroid dienone is 1. The summed E-state index contributed by atoms with van der Waals surface area (Å²) in [6.45, 7) is 0. The molecular formula is C15H8Cl4O. The number of aldehydes is 1. The SMILES string of the molecule is O=C/C(=C(/Cl)c1ccc(Cl)cc1Cl)c1ccc(Cl)cc1. The topological polar surface area (TPSA) is 17.1 Å². The van der Waals surface area contributed by atoms with Crippen molar-refractivity contribution in [3.05, 3.63) is 68.7 Å². The third kappa shape index (κ3) is 3.36. The van der Waals surface area contributed by atoms with Crippen LogP contribution in [-0.2, 0) is 4.79 Å². The quantitative estimate of drug-likeness (QED) is 0.381. The van der Waals surface area contributed by atoms with E-state index in [0.717, 1.165) is 0 Å². The summed E-state index contributed by atoms with van der Waals surface area (Å²) in [5.41, 5.74) is 1.56. The molecule has 5 heteroatoms. The minimum atomic E-state index is 0.268. The van der Waals surface area contributed by atoms with Crippen LogP contribution in [0.1, 0.15) is 11.1 Å². The molecule has 0 fully saturated rings. The van der Waals surface area contributed by atoms with Gasteiger partial charge in [-0.2, -0.15) is 0 Å². The van der Waals surface area contributed by atoms with Gasteiger partial charge in [0.25, 0.3) is 0 Å². The molecule has 2 aromatic carbocycles. The molecule has 0 amide bonds. The average Bonchev–Trinajstić information content (AvgIpc) is 2.41. The molecule has 0 aromatic heterocycles. The van der Waals surface area contributed by atoms with Crippen molar-refractivity contribution in [2.24, 2.45) is 0 Å². The predicted molar refractivity (Wildman–Crippen MR) is 86.6 cm³/mol. The van der Waals surface area contributed by atoms with Crippen LogP contribution in [0.2, 0.25) is 15.1 Å². The van der Waals surface area contributed by atoms with Gasteiger partial charge in [0.15, 0.2) is 6.29 Å². The second kappa shape index (κ2) is 6.64. The number of carbonyl (C=O) groups is 1. The summed E-state index contributed by atoms with van der Waals surface area (Å²) < 4.78 is 0. The van der Waals surface area contributed by atoms with E-state index >= 15 is 0 Å². The minimum absolute atomic E-state index is 0.268. The minimum Gasteiger partial charge on any atom is -0.298 e. The maximum atomic E-state index is 11.3. The van der Waals surface area contributed by atoms with E-state index in [0.29, 0.717) is 38.1 Å². The van der Waals surface area contributed by atoms with Gasteiger partial charge in [-0.3, -0.25) is 4.79 Å². The molecule has 0 aliphatic carbocycles. The summed E-state index contributed by atoms with van der Waals surface area (Å²) in [6, 6.07) is 11.7. The van der Waals surface area contributed by atoms with Crippen LogP contribution >= 0.6 is 46.4 Å². The Bertz CT molecular complexity index is 675. The lowest BCUT2D eigenvalue weighted by Crippen LogP contribution is -1.90. The first-order chi connectivity index (χ1) is 9.52. The molecule has 0 N–H and O–H groups in total. The number of rotatable bonds is 3. The monoisotopic (exact) mass is 344 g/mol. The van der Waals surface area contributed by atoms with E-state index in [9.17, 15) is 4.79 Å². The third-order valence-electron chi connectivity index (χ3n) is 2.68. The first-order valence-corrected chi connectivity index (χ1v) is 7.10. The Labute approximate surface area is 136 Å². The molecule has 20 heavy (non-hydrogen) atoms. The van der Waals surface area contributed by atoms with Crippen LogP contribution in [0.5, 0.6) is 0 Å². The van der Waals surface area contributed by atoms with Crippen molar-refractivity contribution in [2.45, 2.75) is 0 Å². The summed E-state index contributed by atoms with van der Waals surface area (Å²) in [4.78, 5) is 11.3. The largest absolute Gasteiger partial charge is 0.298 e. The van der Waals surface area contributed by atoms with Crippen molar-refractivity contribution in [3.63, 3.8) is 0 Å². The second-order valence-corrected chi connectivity index (χ2v) is 5.63. The molecule has 0 saturated heterocycles. The Morgan fingerprint density at radius 1 is 0.900 bits per heavy atom. The van der Waals surface area contributed by atoms with Gasteiger partial charge in [-0.25, -0.2) is 0 Å². The molecule has 0 heterocycles. The molecule has 0 aliphatic heterocycles. The highest BCUT2D eigenvalue weighted by atomic mass is 35.5. The zero-order valence-corrected chi connectivity index (χ0v) is 13.1. The molecule has 0 bridgehead atoms. The fraction of sp³-hybridized carbons (Fsp3) is 0. The average molecular weight is 346 g/mol. The summed E-state index contributed by atoms with van der Waals surface area (Å²) in [5, 5.41) is 1.74. The van der Waals surface area contributed by atoms with E-state index in [1.54, 1.807) is 42.5 Å². The first-order valence-electron chi connectivity index (χ1n) is 5.59. The van der Waals surface area contributed by atoms with E-state index in [1.165, 1.54) is 0 Å². The normalized spacial score (nSPS) is 12.0. The zero-order valence-electron chi connectivity index (χ0n) is 10.0. The summed E-state index contributed by atoms with van der Waals surface area (Å²) in [6.07, 6.45) is 0.691. The van der Waals surface area contributed by atoms with E-state index in [1.807, 2.05) is 0 Å². The summed E-state index contributed by atoms with van der Waals surface area (Å²) >= 11 is 24.1. The standard InChI is InChI=1S/C15H8Cl4O/c16-10-3-1-9(2-4-10)13(8-20)15(19)12-6-5-11(17)7-14(12)18/h1-8H/b15-13-. The van der Waals surface area contributed by atoms with Crippen LogP contribution in [0.15, 0.2) is 42.5 Å². The van der Waals surface area contributed by atoms with Crippen LogP contribution in [0.4, 0.5) is 0 Å². The fourth-order valence-electron chi connectivity index (χ4n) is 1.69. The van der Waals surface area contributed by atoms with Gasteiger partial charge in [-0.15, -0.1) is 0 Å². The third-order valence-corrected chi connectivity index (χ3v) is 3.88. The molecule has 0 aliphatic rings. The Morgan fingerprint density at radius 2 is 1.50 bits per heavy atom. The predicted octanol–water partition coefficient (Wildman–Crippen LogP) is 5.95. The Morgan fingerprint density at radius 3 is 2.05 bits per heavy atom. The number of halogens is 4. The molecule has 1 nitrogen and oxygen atoms in total. The van der Waals surface area contributed by atoms with Crippen LogP contribution in [0, 0.1) is 0 Å². The highest BCUT2D eigenvalue weighted by Crippen LogP contribution is 2.34. The molecule has 2 aromatic rings. The molecule has 2 rings (SSSR count). The van der Waals surface area contributed by atoms with E-state index < -0.39 is 0 Å². The van der Waals surface area contributed by atoms with Crippen LogP contribution < -0.4 is 0 Å². The van der Waals surface area contributed by atoms with Crippen LogP contribution in [-0.4, -0.2) is 6.29 Å². The Balaban J connectivity index is 2.57. The van der Waals surface area contributed by atoms with E-state index in [4.69, 9.17) is 46.4 Å². The van der Waals surface area contributed by atoms with Crippen molar-refractivity contribution in [1.82, 2.24) is 0 Å². The van der Waals surface area contributed by atoms with Crippen molar-refractivity contribution < 1.29 is 4.79 Å². The molecule has 0 atom stereocenters. The van der Waals surface area contributed by atoms with Gasteiger partial charge in [0.1, 0.15) is 0 Å². The van der Waals surface area contributed by atoms with Gasteiger partial charge >= 0.3 is 0 Å². The smallest absolute Gasteiger partial charge is 0.152 e. The zero-order chi connectivity index (χ0) is 14.7. The molecule has 0 unspecified atom stereocenters. The highest BCUT2D eigenvalue weighted by molar-refractivity contribution is 6.57.